The topological polar surface area (TPSA) is 26.3 Å². The van der Waals surface area contributed by atoms with Crippen LogP contribution in [0.3, 0.4) is 0 Å². The molecular formula is C18H22O2. The monoisotopic (exact) mass is 270 g/mol. The van der Waals surface area contributed by atoms with Gasteiger partial charge < -0.3 is 4.74 Å². The van der Waals surface area contributed by atoms with Crippen LogP contribution in [0.1, 0.15) is 38.2 Å². The second-order valence-corrected chi connectivity index (χ2v) is 5.10. The number of benzene rings is 2. The molecule has 0 aliphatic rings. The molecule has 0 fully saturated rings. The van der Waals surface area contributed by atoms with Crippen LogP contribution < -0.4 is 0 Å². The molecule has 0 aromatic heterocycles. The largest absolute Gasteiger partial charge is 0.465 e. The van der Waals surface area contributed by atoms with Crippen LogP contribution in [0.25, 0.3) is 10.8 Å². The van der Waals surface area contributed by atoms with Crippen molar-refractivity contribution < 1.29 is 9.53 Å². The molecule has 0 bridgehead atoms. The Hall–Kier alpha value is -1.83. The van der Waals surface area contributed by atoms with Gasteiger partial charge in [-0.3, -0.25) is 4.79 Å². The third-order valence-electron chi connectivity index (χ3n) is 3.48. The molecule has 2 aromatic carbocycles. The Kier molecular flexibility index (Phi) is 5.60. The number of carbonyl (C=O) groups excluding carboxylic acids is 1. The van der Waals surface area contributed by atoms with E-state index in [9.17, 15) is 4.79 Å². The van der Waals surface area contributed by atoms with Crippen molar-refractivity contribution in [3.05, 3.63) is 48.0 Å². The Bertz CT molecular complexity index is 555. The maximum absolute atomic E-state index is 11.9. The van der Waals surface area contributed by atoms with Gasteiger partial charge in [0, 0.05) is 0 Å². The van der Waals surface area contributed by atoms with E-state index >= 15 is 0 Å². The first-order valence-electron chi connectivity index (χ1n) is 7.43. The molecule has 0 saturated carbocycles. The fourth-order valence-corrected chi connectivity index (χ4v) is 2.37. The molecule has 2 heteroatoms. The summed E-state index contributed by atoms with van der Waals surface area (Å²) in [7, 11) is 0. The number of unbranched alkanes of at least 4 members (excludes halogenated alkanes) is 3. The van der Waals surface area contributed by atoms with E-state index in [0.29, 0.717) is 13.0 Å². The van der Waals surface area contributed by atoms with Gasteiger partial charge in [0.15, 0.2) is 0 Å². The molecule has 0 N–H and O–H groups in total. The first kappa shape index (κ1) is 14.6. The van der Waals surface area contributed by atoms with E-state index in [2.05, 4.69) is 25.1 Å². The Balaban J connectivity index is 1.90. The van der Waals surface area contributed by atoms with Crippen molar-refractivity contribution in [2.24, 2.45) is 0 Å². The van der Waals surface area contributed by atoms with Crippen molar-refractivity contribution >= 4 is 16.7 Å². The van der Waals surface area contributed by atoms with E-state index in [-0.39, 0.29) is 5.97 Å². The van der Waals surface area contributed by atoms with Crippen molar-refractivity contribution in [1.82, 2.24) is 0 Å². The number of hydrogen-bond acceptors (Lipinski definition) is 2. The lowest BCUT2D eigenvalue weighted by Gasteiger charge is -2.07. The van der Waals surface area contributed by atoms with Crippen molar-refractivity contribution in [2.45, 2.75) is 39.0 Å². The Morgan fingerprint density at radius 2 is 1.80 bits per heavy atom. The van der Waals surface area contributed by atoms with Gasteiger partial charge in [0.1, 0.15) is 0 Å². The Morgan fingerprint density at radius 1 is 1.00 bits per heavy atom. The fraction of sp³-hybridized carbons (Fsp3) is 0.389. The lowest BCUT2D eigenvalue weighted by molar-refractivity contribution is -0.142. The molecule has 2 aromatic rings. The van der Waals surface area contributed by atoms with Gasteiger partial charge >= 0.3 is 5.97 Å². The van der Waals surface area contributed by atoms with Crippen LogP contribution in [0.5, 0.6) is 0 Å². The van der Waals surface area contributed by atoms with Crippen molar-refractivity contribution in [2.75, 3.05) is 6.61 Å². The molecule has 0 unspecified atom stereocenters. The van der Waals surface area contributed by atoms with E-state index in [1.165, 1.54) is 18.2 Å². The number of esters is 1. The van der Waals surface area contributed by atoms with Gasteiger partial charge in [-0.1, -0.05) is 68.7 Å². The average molecular weight is 270 g/mol. The minimum absolute atomic E-state index is 0.127. The SMILES string of the molecule is CCCCCCOC(=O)Cc1cccc2ccccc12. The lowest BCUT2D eigenvalue weighted by Crippen LogP contribution is -2.09. The number of ether oxygens (including phenoxy) is 1. The average Bonchev–Trinajstić information content (AvgIpc) is 2.47. The maximum atomic E-state index is 11.9. The highest BCUT2D eigenvalue weighted by Crippen LogP contribution is 2.19. The van der Waals surface area contributed by atoms with Crippen LogP contribution in [-0.2, 0) is 16.0 Å². The zero-order valence-corrected chi connectivity index (χ0v) is 12.1. The number of carbonyl (C=O) groups is 1. The fourth-order valence-electron chi connectivity index (χ4n) is 2.37. The number of fused-ring (bicyclic) bond motifs is 1. The molecule has 0 radical (unpaired) electrons. The van der Waals surface area contributed by atoms with Crippen LogP contribution in [0, 0.1) is 0 Å². The van der Waals surface area contributed by atoms with Gasteiger partial charge in [-0.2, -0.15) is 0 Å². The first-order valence-corrected chi connectivity index (χ1v) is 7.43. The van der Waals surface area contributed by atoms with Gasteiger partial charge in [0.05, 0.1) is 13.0 Å². The number of hydrogen-bond donors (Lipinski definition) is 0. The van der Waals surface area contributed by atoms with E-state index in [0.717, 1.165) is 23.8 Å². The van der Waals surface area contributed by atoms with Crippen LogP contribution >= 0.6 is 0 Å². The normalized spacial score (nSPS) is 10.7. The first-order chi connectivity index (χ1) is 9.81. The minimum atomic E-state index is -0.127. The summed E-state index contributed by atoms with van der Waals surface area (Å²) >= 11 is 0. The molecule has 0 aliphatic carbocycles. The quantitative estimate of drug-likeness (QED) is 0.546. The highest BCUT2D eigenvalue weighted by atomic mass is 16.5. The Labute approximate surface area is 120 Å². The molecule has 106 valence electrons. The van der Waals surface area contributed by atoms with E-state index < -0.39 is 0 Å². The molecule has 0 saturated heterocycles. The molecular weight excluding hydrogens is 248 g/mol. The standard InChI is InChI=1S/C18H22O2/c1-2-3-4-7-13-20-18(19)14-16-11-8-10-15-9-5-6-12-17(15)16/h5-6,8-12H,2-4,7,13-14H2,1H3. The minimum Gasteiger partial charge on any atom is -0.465 e. The summed E-state index contributed by atoms with van der Waals surface area (Å²) in [5, 5.41) is 2.30. The van der Waals surface area contributed by atoms with Crippen molar-refractivity contribution in [3.63, 3.8) is 0 Å². The summed E-state index contributed by atoms with van der Waals surface area (Å²) in [5.74, 6) is -0.127. The summed E-state index contributed by atoms with van der Waals surface area (Å²) in [6.07, 6.45) is 4.87. The van der Waals surface area contributed by atoms with E-state index in [1.54, 1.807) is 0 Å². The van der Waals surface area contributed by atoms with E-state index in [4.69, 9.17) is 4.74 Å². The number of rotatable bonds is 7. The van der Waals surface area contributed by atoms with Crippen LogP contribution in [0.2, 0.25) is 0 Å². The van der Waals surface area contributed by atoms with Gasteiger partial charge in [-0.05, 0) is 22.8 Å². The van der Waals surface area contributed by atoms with Crippen LogP contribution in [-0.4, -0.2) is 12.6 Å². The summed E-state index contributed by atoms with van der Waals surface area (Å²) in [4.78, 5) is 11.9. The predicted octanol–water partition coefficient (Wildman–Crippen LogP) is 4.51. The molecule has 0 aliphatic heterocycles. The van der Waals surface area contributed by atoms with Crippen molar-refractivity contribution in [1.29, 1.82) is 0 Å². The van der Waals surface area contributed by atoms with Crippen LogP contribution in [0.4, 0.5) is 0 Å². The molecule has 0 spiro atoms. The lowest BCUT2D eigenvalue weighted by atomic mass is 10.0. The van der Waals surface area contributed by atoms with Gasteiger partial charge in [-0.25, -0.2) is 0 Å². The third-order valence-corrected chi connectivity index (χ3v) is 3.48. The summed E-state index contributed by atoms with van der Waals surface area (Å²) in [6, 6.07) is 14.2. The highest BCUT2D eigenvalue weighted by molar-refractivity contribution is 5.88. The van der Waals surface area contributed by atoms with Gasteiger partial charge in [-0.15, -0.1) is 0 Å². The van der Waals surface area contributed by atoms with Gasteiger partial charge in [0.2, 0.25) is 0 Å². The molecule has 0 heterocycles. The molecule has 2 nitrogen and oxygen atoms in total. The second kappa shape index (κ2) is 7.68. The smallest absolute Gasteiger partial charge is 0.310 e. The maximum Gasteiger partial charge on any atom is 0.310 e. The molecule has 0 atom stereocenters. The van der Waals surface area contributed by atoms with Gasteiger partial charge in [0.25, 0.3) is 0 Å². The zero-order valence-electron chi connectivity index (χ0n) is 12.1. The molecule has 0 amide bonds. The predicted molar refractivity (Wildman–Crippen MR) is 82.8 cm³/mol. The Morgan fingerprint density at radius 3 is 2.65 bits per heavy atom. The second-order valence-electron chi connectivity index (χ2n) is 5.10. The van der Waals surface area contributed by atoms with Crippen LogP contribution in [0.15, 0.2) is 42.5 Å². The summed E-state index contributed by atoms with van der Waals surface area (Å²) in [6.45, 7) is 2.72. The molecule has 20 heavy (non-hydrogen) atoms. The van der Waals surface area contributed by atoms with Crippen molar-refractivity contribution in [3.8, 4) is 0 Å². The highest BCUT2D eigenvalue weighted by Gasteiger charge is 2.07. The van der Waals surface area contributed by atoms with E-state index in [1.807, 2.05) is 24.3 Å². The summed E-state index contributed by atoms with van der Waals surface area (Å²) in [5.41, 5.74) is 1.04. The third kappa shape index (κ3) is 4.09. The zero-order chi connectivity index (χ0) is 14.2. The molecule has 2 rings (SSSR count). The summed E-state index contributed by atoms with van der Waals surface area (Å²) < 4.78 is 5.30.